The SMILES string of the molecule is CNC(=O)CC(C)N1CN(C(c2ccccc2)c2ccccc2)n2ccc(=O)c(O)c2C1=O. The Morgan fingerprint density at radius 2 is 1.58 bits per heavy atom. The van der Waals surface area contributed by atoms with Crippen LogP contribution in [-0.4, -0.2) is 46.3 Å². The monoisotopic (exact) mass is 446 g/mol. The number of pyridine rings is 1. The molecule has 0 radical (unpaired) electrons. The van der Waals surface area contributed by atoms with E-state index in [4.69, 9.17) is 0 Å². The van der Waals surface area contributed by atoms with Gasteiger partial charge in [0, 0.05) is 31.8 Å². The highest BCUT2D eigenvalue weighted by Crippen LogP contribution is 2.32. The zero-order valence-electron chi connectivity index (χ0n) is 18.5. The molecule has 0 saturated heterocycles. The molecule has 8 heteroatoms. The van der Waals surface area contributed by atoms with Gasteiger partial charge in [0.1, 0.15) is 6.67 Å². The highest BCUT2D eigenvalue weighted by atomic mass is 16.3. The first-order valence-corrected chi connectivity index (χ1v) is 10.8. The minimum Gasteiger partial charge on any atom is -0.502 e. The number of amides is 2. The van der Waals surface area contributed by atoms with E-state index in [1.165, 1.54) is 17.2 Å². The van der Waals surface area contributed by atoms with Crippen LogP contribution in [0.2, 0.25) is 0 Å². The third-order valence-electron chi connectivity index (χ3n) is 5.91. The largest absolute Gasteiger partial charge is 0.502 e. The van der Waals surface area contributed by atoms with Crippen molar-refractivity contribution in [1.29, 1.82) is 0 Å². The molecule has 0 aliphatic carbocycles. The van der Waals surface area contributed by atoms with Crippen LogP contribution in [-0.2, 0) is 4.79 Å². The van der Waals surface area contributed by atoms with E-state index in [0.29, 0.717) is 0 Å². The Morgan fingerprint density at radius 3 is 2.12 bits per heavy atom. The molecular formula is C25H26N4O4. The Bertz CT molecular complexity index is 1170. The summed E-state index contributed by atoms with van der Waals surface area (Å²) in [4.78, 5) is 39.2. The molecule has 2 amide bonds. The van der Waals surface area contributed by atoms with Crippen LogP contribution in [0.15, 0.2) is 77.7 Å². The first kappa shape index (κ1) is 22.1. The van der Waals surface area contributed by atoms with Gasteiger partial charge in [-0.2, -0.15) is 0 Å². The molecule has 4 rings (SSSR count). The van der Waals surface area contributed by atoms with Crippen molar-refractivity contribution in [2.45, 2.75) is 25.4 Å². The minimum absolute atomic E-state index is 0.0925. The van der Waals surface area contributed by atoms with Crippen LogP contribution in [0.4, 0.5) is 0 Å². The summed E-state index contributed by atoms with van der Waals surface area (Å²) >= 11 is 0. The van der Waals surface area contributed by atoms with E-state index in [9.17, 15) is 19.5 Å². The molecule has 2 aromatic carbocycles. The van der Waals surface area contributed by atoms with Gasteiger partial charge in [-0.3, -0.25) is 24.1 Å². The topological polar surface area (TPSA) is 94.9 Å². The molecule has 0 saturated carbocycles. The quantitative estimate of drug-likeness (QED) is 0.606. The van der Waals surface area contributed by atoms with Crippen molar-refractivity contribution in [1.82, 2.24) is 14.9 Å². The third-order valence-corrected chi connectivity index (χ3v) is 5.91. The number of benzene rings is 2. The van der Waals surface area contributed by atoms with Gasteiger partial charge in [0.2, 0.25) is 11.3 Å². The highest BCUT2D eigenvalue weighted by molar-refractivity contribution is 5.96. The summed E-state index contributed by atoms with van der Waals surface area (Å²) in [5, 5.41) is 15.1. The van der Waals surface area contributed by atoms with Gasteiger partial charge in [-0.15, -0.1) is 0 Å². The van der Waals surface area contributed by atoms with E-state index in [2.05, 4.69) is 5.32 Å². The Kier molecular flexibility index (Phi) is 6.17. The fraction of sp³-hybridized carbons (Fsp3) is 0.240. The van der Waals surface area contributed by atoms with Gasteiger partial charge in [-0.05, 0) is 18.1 Å². The summed E-state index contributed by atoms with van der Waals surface area (Å²) in [6.07, 6.45) is 1.60. The molecule has 0 spiro atoms. The standard InChI is InChI=1S/C25H26N4O4/c1-17(15-21(31)26-2)27-16-29(28-14-13-20(30)24(32)23(28)25(27)33)22(18-9-5-3-6-10-18)19-11-7-4-8-12-19/h3-14,17,22,32H,15-16H2,1-2H3,(H,26,31). The summed E-state index contributed by atoms with van der Waals surface area (Å²) in [6.45, 7) is 1.93. The van der Waals surface area contributed by atoms with E-state index in [0.717, 1.165) is 11.1 Å². The number of aromatic nitrogens is 1. The summed E-state index contributed by atoms with van der Waals surface area (Å²) in [6, 6.07) is 20.1. The third kappa shape index (κ3) is 4.19. The molecule has 1 aliphatic heterocycles. The van der Waals surface area contributed by atoms with Crippen molar-refractivity contribution in [2.24, 2.45) is 0 Å². The van der Waals surface area contributed by atoms with Crippen molar-refractivity contribution >= 4 is 11.8 Å². The van der Waals surface area contributed by atoms with Crippen molar-refractivity contribution < 1.29 is 14.7 Å². The maximum atomic E-state index is 13.4. The van der Waals surface area contributed by atoms with Crippen LogP contribution in [0, 0.1) is 0 Å². The van der Waals surface area contributed by atoms with Crippen molar-refractivity contribution in [3.63, 3.8) is 0 Å². The fourth-order valence-electron chi connectivity index (χ4n) is 4.19. The second-order valence-electron chi connectivity index (χ2n) is 8.03. The van der Waals surface area contributed by atoms with E-state index in [-0.39, 0.29) is 30.7 Å². The van der Waals surface area contributed by atoms with Crippen LogP contribution in [0.3, 0.4) is 0 Å². The number of carbonyl (C=O) groups excluding carboxylic acids is 2. The number of aromatic hydroxyl groups is 1. The smallest absolute Gasteiger partial charge is 0.278 e. The molecule has 1 aromatic heterocycles. The Morgan fingerprint density at radius 1 is 1.00 bits per heavy atom. The van der Waals surface area contributed by atoms with Crippen LogP contribution < -0.4 is 15.8 Å². The van der Waals surface area contributed by atoms with E-state index < -0.39 is 23.1 Å². The number of carbonyl (C=O) groups is 2. The molecule has 1 aliphatic rings. The summed E-state index contributed by atoms with van der Waals surface area (Å²) in [7, 11) is 1.54. The van der Waals surface area contributed by atoms with Gasteiger partial charge in [-0.1, -0.05) is 60.7 Å². The lowest BCUT2D eigenvalue weighted by Gasteiger charge is -2.45. The second kappa shape index (κ2) is 9.20. The predicted molar refractivity (Wildman–Crippen MR) is 124 cm³/mol. The van der Waals surface area contributed by atoms with E-state index >= 15 is 0 Å². The normalized spacial score (nSPS) is 14.2. The van der Waals surface area contributed by atoms with Crippen molar-refractivity contribution in [3.05, 3.63) is 100.0 Å². The lowest BCUT2D eigenvalue weighted by Crippen LogP contribution is -2.58. The number of nitrogens with zero attached hydrogens (tertiary/aromatic N) is 3. The van der Waals surface area contributed by atoms with Crippen LogP contribution >= 0.6 is 0 Å². The average molecular weight is 447 g/mol. The maximum absolute atomic E-state index is 13.4. The van der Waals surface area contributed by atoms with Gasteiger partial charge < -0.3 is 15.3 Å². The molecule has 0 bridgehead atoms. The molecule has 1 atom stereocenters. The molecule has 170 valence electrons. The fourth-order valence-corrected chi connectivity index (χ4v) is 4.19. The Labute approximate surface area is 191 Å². The highest BCUT2D eigenvalue weighted by Gasteiger charge is 2.38. The summed E-state index contributed by atoms with van der Waals surface area (Å²) in [5.41, 5.74) is 1.20. The molecule has 0 fully saturated rings. The second-order valence-corrected chi connectivity index (χ2v) is 8.03. The first-order valence-electron chi connectivity index (χ1n) is 10.8. The molecule has 3 aromatic rings. The summed E-state index contributed by atoms with van der Waals surface area (Å²) < 4.78 is 1.55. The van der Waals surface area contributed by atoms with Gasteiger partial charge in [0.25, 0.3) is 5.91 Å². The van der Waals surface area contributed by atoms with E-state index in [1.807, 2.05) is 65.7 Å². The van der Waals surface area contributed by atoms with Gasteiger partial charge in [0.15, 0.2) is 11.4 Å². The van der Waals surface area contributed by atoms with Crippen LogP contribution in [0.25, 0.3) is 0 Å². The zero-order valence-corrected chi connectivity index (χ0v) is 18.5. The predicted octanol–water partition coefficient (Wildman–Crippen LogP) is 2.22. The zero-order chi connectivity index (χ0) is 23.5. The number of hydrogen-bond acceptors (Lipinski definition) is 5. The first-order chi connectivity index (χ1) is 15.9. The van der Waals surface area contributed by atoms with Gasteiger partial charge in [-0.25, -0.2) is 0 Å². The lowest BCUT2D eigenvalue weighted by molar-refractivity contribution is -0.121. The molecule has 33 heavy (non-hydrogen) atoms. The molecule has 2 heterocycles. The molecular weight excluding hydrogens is 420 g/mol. The maximum Gasteiger partial charge on any atom is 0.278 e. The lowest BCUT2D eigenvalue weighted by atomic mass is 9.98. The molecule has 2 N–H and O–H groups in total. The minimum atomic E-state index is -0.633. The van der Waals surface area contributed by atoms with E-state index in [1.54, 1.807) is 18.6 Å². The van der Waals surface area contributed by atoms with Crippen LogP contribution in [0.5, 0.6) is 5.75 Å². The Hall–Kier alpha value is -4.07. The van der Waals surface area contributed by atoms with Crippen molar-refractivity contribution in [3.8, 4) is 5.75 Å². The number of rotatable bonds is 6. The van der Waals surface area contributed by atoms with Gasteiger partial charge in [0.05, 0.1) is 6.04 Å². The number of fused-ring (bicyclic) bond motifs is 1. The van der Waals surface area contributed by atoms with Gasteiger partial charge >= 0.3 is 0 Å². The molecule has 1 unspecified atom stereocenters. The average Bonchev–Trinajstić information content (AvgIpc) is 2.83. The number of hydrogen-bond donors (Lipinski definition) is 2. The van der Waals surface area contributed by atoms with Crippen molar-refractivity contribution in [2.75, 3.05) is 18.7 Å². The summed E-state index contributed by atoms with van der Waals surface area (Å²) in [5.74, 6) is -1.31. The van der Waals surface area contributed by atoms with Crippen LogP contribution in [0.1, 0.15) is 41.0 Å². The molecule has 8 nitrogen and oxygen atoms in total. The Balaban J connectivity index is 1.89. The number of nitrogens with one attached hydrogen (secondary N) is 1.